The number of aliphatic hydroxyl groups is 1. The summed E-state index contributed by atoms with van der Waals surface area (Å²) in [5.74, 6) is -3.13. The van der Waals surface area contributed by atoms with Gasteiger partial charge in [-0.2, -0.15) is 0 Å². The van der Waals surface area contributed by atoms with E-state index in [1.165, 1.54) is 36.4 Å². The molecule has 4 rings (SSSR count). The van der Waals surface area contributed by atoms with Crippen LogP contribution < -0.4 is 9.47 Å². The summed E-state index contributed by atoms with van der Waals surface area (Å²) in [5, 5.41) is 10.3. The van der Waals surface area contributed by atoms with Crippen LogP contribution in [0.1, 0.15) is 73.7 Å². The van der Waals surface area contributed by atoms with Gasteiger partial charge in [0.2, 0.25) is 0 Å². The van der Waals surface area contributed by atoms with Gasteiger partial charge in [-0.25, -0.2) is 18.0 Å². The number of hydrogen-bond acceptors (Lipinski definition) is 4. The lowest BCUT2D eigenvalue weighted by molar-refractivity contribution is 0.0723. The number of halogens is 3. The Labute approximate surface area is 233 Å². The van der Waals surface area contributed by atoms with Crippen molar-refractivity contribution >= 4 is 5.97 Å². The van der Waals surface area contributed by atoms with Crippen molar-refractivity contribution in [3.8, 4) is 22.6 Å². The van der Waals surface area contributed by atoms with Gasteiger partial charge < -0.3 is 14.6 Å². The Balaban J connectivity index is 1.41. The summed E-state index contributed by atoms with van der Waals surface area (Å²) in [5.41, 5.74) is 0.988. The van der Waals surface area contributed by atoms with Crippen LogP contribution in [-0.2, 0) is 0 Å². The Kier molecular flexibility index (Phi) is 10.0. The maximum atomic E-state index is 15.2. The normalized spacial score (nSPS) is 17.7. The maximum Gasteiger partial charge on any atom is 0.343 e. The van der Waals surface area contributed by atoms with Crippen LogP contribution in [0.2, 0.25) is 0 Å². The first-order chi connectivity index (χ1) is 19.3. The van der Waals surface area contributed by atoms with Crippen molar-refractivity contribution in [3.05, 3.63) is 95.8 Å². The fraction of sp³-hybridized carbons (Fsp3) is 0.364. The second-order valence-electron chi connectivity index (χ2n) is 10.3. The molecule has 1 saturated carbocycles. The van der Waals surface area contributed by atoms with Crippen molar-refractivity contribution in [2.45, 2.75) is 63.9 Å². The molecule has 0 heterocycles. The summed E-state index contributed by atoms with van der Waals surface area (Å²) in [6.45, 7) is 5.99. The average molecular weight is 553 g/mol. The molecule has 7 heteroatoms. The summed E-state index contributed by atoms with van der Waals surface area (Å²) in [4.78, 5) is 12.6. The minimum absolute atomic E-state index is 0.0843. The third kappa shape index (κ3) is 6.94. The summed E-state index contributed by atoms with van der Waals surface area (Å²) < 4.78 is 55.3. The zero-order valence-electron chi connectivity index (χ0n) is 22.7. The Hall–Kier alpha value is -3.58. The molecular formula is C33H35F3O4. The van der Waals surface area contributed by atoms with Gasteiger partial charge in [0.1, 0.15) is 5.75 Å². The highest BCUT2D eigenvalue weighted by Crippen LogP contribution is 2.40. The van der Waals surface area contributed by atoms with Crippen LogP contribution in [0.25, 0.3) is 11.1 Å². The van der Waals surface area contributed by atoms with E-state index in [1.54, 1.807) is 18.2 Å². The second-order valence-corrected chi connectivity index (χ2v) is 10.3. The SMILES string of the molecule is C=CCCOc1ccc(OC(=O)c2ccc(-c3ccc(C4CCC(C(O)CCC)CC4)c(F)c3F)cc2)c(F)c1. The highest BCUT2D eigenvalue weighted by atomic mass is 19.2. The van der Waals surface area contributed by atoms with Crippen molar-refractivity contribution in [1.82, 2.24) is 0 Å². The van der Waals surface area contributed by atoms with Gasteiger partial charge in [-0.05, 0) is 85.8 Å². The number of ether oxygens (including phenoxy) is 2. The van der Waals surface area contributed by atoms with Crippen LogP contribution in [0, 0.1) is 23.4 Å². The Morgan fingerprint density at radius 2 is 1.75 bits per heavy atom. The zero-order chi connectivity index (χ0) is 28.6. The molecular weight excluding hydrogens is 517 g/mol. The molecule has 3 aromatic rings. The minimum Gasteiger partial charge on any atom is -0.493 e. The van der Waals surface area contributed by atoms with E-state index < -0.39 is 23.4 Å². The van der Waals surface area contributed by atoms with Gasteiger partial charge in [-0.3, -0.25) is 0 Å². The van der Waals surface area contributed by atoms with Gasteiger partial charge >= 0.3 is 5.97 Å². The molecule has 1 N–H and O–H groups in total. The molecule has 0 spiro atoms. The van der Waals surface area contributed by atoms with Gasteiger partial charge in [0, 0.05) is 11.6 Å². The maximum absolute atomic E-state index is 15.2. The first-order valence-electron chi connectivity index (χ1n) is 13.8. The van der Waals surface area contributed by atoms with E-state index in [0.29, 0.717) is 42.7 Å². The molecule has 0 aliphatic heterocycles. The predicted molar refractivity (Wildman–Crippen MR) is 149 cm³/mol. The summed E-state index contributed by atoms with van der Waals surface area (Å²) >= 11 is 0. The third-order valence-electron chi connectivity index (χ3n) is 7.58. The van der Waals surface area contributed by atoms with E-state index in [4.69, 9.17) is 9.47 Å². The number of carbonyl (C=O) groups is 1. The van der Waals surface area contributed by atoms with Gasteiger partial charge in [-0.15, -0.1) is 6.58 Å². The molecule has 1 aliphatic carbocycles. The van der Waals surface area contributed by atoms with Crippen molar-refractivity contribution in [2.75, 3.05) is 6.61 Å². The monoisotopic (exact) mass is 552 g/mol. The smallest absolute Gasteiger partial charge is 0.343 e. The lowest BCUT2D eigenvalue weighted by Crippen LogP contribution is -2.25. The third-order valence-corrected chi connectivity index (χ3v) is 7.58. The van der Waals surface area contributed by atoms with Gasteiger partial charge in [0.15, 0.2) is 23.2 Å². The molecule has 0 aromatic heterocycles. The number of hydrogen-bond donors (Lipinski definition) is 1. The highest BCUT2D eigenvalue weighted by Gasteiger charge is 2.29. The first kappa shape index (κ1) is 29.4. The Morgan fingerprint density at radius 3 is 2.40 bits per heavy atom. The van der Waals surface area contributed by atoms with Crippen LogP contribution in [0.5, 0.6) is 11.5 Å². The molecule has 1 atom stereocenters. The van der Waals surface area contributed by atoms with Gasteiger partial charge in [0.25, 0.3) is 0 Å². The lowest BCUT2D eigenvalue weighted by atomic mass is 9.75. The molecule has 40 heavy (non-hydrogen) atoms. The molecule has 3 aromatic carbocycles. The average Bonchev–Trinajstić information content (AvgIpc) is 2.96. The van der Waals surface area contributed by atoms with Crippen LogP contribution in [0.3, 0.4) is 0 Å². The predicted octanol–water partition coefficient (Wildman–Crippen LogP) is 8.38. The zero-order valence-corrected chi connectivity index (χ0v) is 22.7. The van der Waals surface area contributed by atoms with E-state index >= 15 is 8.78 Å². The Morgan fingerprint density at radius 1 is 1.02 bits per heavy atom. The fourth-order valence-corrected chi connectivity index (χ4v) is 5.31. The van der Waals surface area contributed by atoms with Crippen molar-refractivity contribution < 1.29 is 32.5 Å². The topological polar surface area (TPSA) is 55.8 Å². The highest BCUT2D eigenvalue weighted by molar-refractivity contribution is 5.91. The molecule has 1 fully saturated rings. The van der Waals surface area contributed by atoms with E-state index in [9.17, 15) is 14.3 Å². The first-order valence-corrected chi connectivity index (χ1v) is 13.8. The Bertz CT molecular complexity index is 1310. The molecule has 0 radical (unpaired) electrons. The van der Waals surface area contributed by atoms with E-state index in [0.717, 1.165) is 31.7 Å². The molecule has 212 valence electrons. The van der Waals surface area contributed by atoms with Crippen LogP contribution in [0.4, 0.5) is 13.2 Å². The van der Waals surface area contributed by atoms with Crippen molar-refractivity contribution in [3.63, 3.8) is 0 Å². The number of esters is 1. The van der Waals surface area contributed by atoms with Crippen molar-refractivity contribution in [1.29, 1.82) is 0 Å². The molecule has 0 bridgehead atoms. The molecule has 0 saturated heterocycles. The second kappa shape index (κ2) is 13.7. The van der Waals surface area contributed by atoms with Crippen molar-refractivity contribution in [2.24, 2.45) is 5.92 Å². The summed E-state index contributed by atoms with van der Waals surface area (Å²) in [7, 11) is 0. The summed E-state index contributed by atoms with van der Waals surface area (Å²) in [6.07, 6.45) is 6.66. The van der Waals surface area contributed by atoms with Crippen LogP contribution in [-0.4, -0.2) is 23.8 Å². The standard InChI is InChI=1S/C33H35F3O4/c1-3-5-19-39-25-15-18-30(28(34)20-25)40-33(38)24-13-9-22(10-14-24)27-17-16-26(31(35)32(27)36)21-7-11-23(12-8-21)29(37)6-4-2/h3,9-10,13-18,20-21,23,29,37H,1,4-8,11-12,19H2,2H3. The molecule has 1 unspecified atom stereocenters. The molecule has 4 nitrogen and oxygen atoms in total. The largest absolute Gasteiger partial charge is 0.493 e. The number of benzene rings is 3. The minimum atomic E-state index is -0.932. The van der Waals surface area contributed by atoms with E-state index in [2.05, 4.69) is 6.58 Å². The van der Waals surface area contributed by atoms with Crippen LogP contribution in [0.15, 0.2) is 67.3 Å². The molecule has 1 aliphatic rings. The number of rotatable bonds is 11. The van der Waals surface area contributed by atoms with E-state index in [-0.39, 0.29) is 34.8 Å². The lowest BCUT2D eigenvalue weighted by Gasteiger charge is -2.32. The van der Waals surface area contributed by atoms with Gasteiger partial charge in [0.05, 0.1) is 18.3 Å². The quantitative estimate of drug-likeness (QED) is 0.112. The van der Waals surface area contributed by atoms with Gasteiger partial charge in [-0.1, -0.05) is 43.7 Å². The number of carbonyl (C=O) groups excluding carboxylic acids is 1. The summed E-state index contributed by atoms with van der Waals surface area (Å²) in [6, 6.07) is 13.0. The van der Waals surface area contributed by atoms with Crippen LogP contribution >= 0.6 is 0 Å². The fourth-order valence-electron chi connectivity index (χ4n) is 5.31. The molecule has 0 amide bonds. The van der Waals surface area contributed by atoms with E-state index in [1.807, 2.05) is 6.92 Å². The number of aliphatic hydroxyl groups excluding tert-OH is 1.